The van der Waals surface area contributed by atoms with Gasteiger partial charge in [0.1, 0.15) is 5.92 Å². The van der Waals surface area contributed by atoms with Crippen LogP contribution in [-0.2, 0) is 14.4 Å². The average molecular weight is 492 g/mol. The van der Waals surface area contributed by atoms with E-state index < -0.39 is 29.7 Å². The number of amides is 5. The van der Waals surface area contributed by atoms with Gasteiger partial charge in [-0.2, -0.15) is 10.1 Å². The number of hydrogen-bond donors (Lipinski definition) is 1. The summed E-state index contributed by atoms with van der Waals surface area (Å²) in [4.78, 5) is 51.6. The number of hydrogen-bond acceptors (Lipinski definition) is 5. The predicted molar refractivity (Wildman–Crippen MR) is 121 cm³/mol. The highest BCUT2D eigenvalue weighted by atomic mass is 35.5. The normalized spacial score (nSPS) is 20.2. The van der Waals surface area contributed by atoms with Gasteiger partial charge in [0.15, 0.2) is 0 Å². The number of imide groups is 2. The molecule has 0 aliphatic carbocycles. The molecule has 0 aromatic heterocycles. The number of carbonyl (C=O) groups excluding carboxylic acids is 4. The Balaban J connectivity index is 1.68. The van der Waals surface area contributed by atoms with Gasteiger partial charge in [-0.1, -0.05) is 34.8 Å². The van der Waals surface area contributed by atoms with Crippen molar-refractivity contribution < 1.29 is 19.2 Å². The van der Waals surface area contributed by atoms with E-state index in [2.05, 4.69) is 10.4 Å². The van der Waals surface area contributed by atoms with Crippen LogP contribution in [0.3, 0.4) is 0 Å². The van der Waals surface area contributed by atoms with Gasteiger partial charge in [0.05, 0.1) is 27.7 Å². The third kappa shape index (κ3) is 3.88. The molecule has 32 heavy (non-hydrogen) atoms. The van der Waals surface area contributed by atoms with Crippen molar-refractivity contribution in [3.63, 3.8) is 0 Å². The first-order chi connectivity index (χ1) is 15.2. The molecule has 2 heterocycles. The second kappa shape index (κ2) is 8.38. The second-order valence-electron chi connectivity index (χ2n) is 6.90. The number of hydrazone groups is 1. The van der Waals surface area contributed by atoms with Gasteiger partial charge in [0.2, 0.25) is 5.91 Å². The summed E-state index contributed by atoms with van der Waals surface area (Å²) in [6, 6.07) is 9.61. The maximum absolute atomic E-state index is 13.0. The topological polar surface area (TPSA) is 99.2 Å². The van der Waals surface area contributed by atoms with E-state index in [4.69, 9.17) is 34.8 Å². The highest BCUT2D eigenvalue weighted by Gasteiger charge is 2.42. The first-order valence-electron chi connectivity index (χ1n) is 9.18. The molecule has 1 N–H and O–H groups in total. The smallest absolute Gasteiger partial charge is 0.276 e. The molecule has 162 valence electrons. The van der Waals surface area contributed by atoms with E-state index in [1.54, 1.807) is 13.0 Å². The standard InChI is InChI=1S/C21H13Cl3N4O4/c1-10-14(20(31)28(26-10)17-8-12(23)4-7-16(17)24)9-15-18(29)25-21(32)27(19(15)30)13-5-2-11(22)3-6-13/h2-9,15H,1H3,(H,25,29,32)/b14-9-. The fourth-order valence-corrected chi connectivity index (χ4v) is 3.75. The molecular formula is C21H13Cl3N4O4. The zero-order valence-electron chi connectivity index (χ0n) is 16.3. The lowest BCUT2D eigenvalue weighted by Gasteiger charge is -2.29. The van der Waals surface area contributed by atoms with Crippen LogP contribution in [0, 0.1) is 5.92 Å². The molecule has 0 bridgehead atoms. The highest BCUT2D eigenvalue weighted by Crippen LogP contribution is 2.33. The number of benzene rings is 2. The van der Waals surface area contributed by atoms with Crippen molar-refractivity contribution in [2.75, 3.05) is 9.91 Å². The van der Waals surface area contributed by atoms with Crippen LogP contribution in [0.15, 0.2) is 59.2 Å². The zero-order chi connectivity index (χ0) is 23.2. The third-order valence-electron chi connectivity index (χ3n) is 4.82. The van der Waals surface area contributed by atoms with E-state index in [1.165, 1.54) is 42.5 Å². The van der Waals surface area contributed by atoms with Crippen molar-refractivity contribution in [3.8, 4) is 0 Å². The van der Waals surface area contributed by atoms with Crippen molar-refractivity contribution in [3.05, 3.63) is 69.2 Å². The number of urea groups is 1. The summed E-state index contributed by atoms with van der Waals surface area (Å²) in [7, 11) is 0. The number of anilines is 2. The van der Waals surface area contributed by atoms with E-state index in [1.807, 2.05) is 0 Å². The van der Waals surface area contributed by atoms with Crippen molar-refractivity contribution in [2.45, 2.75) is 6.92 Å². The fraction of sp³-hybridized carbons (Fsp3) is 0.0952. The first kappa shape index (κ1) is 22.0. The Morgan fingerprint density at radius 2 is 1.62 bits per heavy atom. The van der Waals surface area contributed by atoms with Crippen LogP contribution in [0.1, 0.15) is 6.92 Å². The summed E-state index contributed by atoms with van der Waals surface area (Å²) in [5.74, 6) is -3.68. The minimum absolute atomic E-state index is 0.0277. The number of barbiturate groups is 1. The molecule has 0 saturated carbocycles. The Hall–Kier alpha value is -3.20. The lowest BCUT2D eigenvalue weighted by molar-refractivity contribution is -0.132. The molecule has 2 aromatic rings. The molecule has 2 aliphatic heterocycles. The van der Waals surface area contributed by atoms with Gasteiger partial charge in [-0.3, -0.25) is 19.7 Å². The number of rotatable bonds is 3. The third-order valence-corrected chi connectivity index (χ3v) is 5.63. The molecule has 2 aliphatic rings. The quantitative estimate of drug-likeness (QED) is 0.514. The molecule has 5 amide bonds. The number of carbonyl (C=O) groups is 4. The molecule has 11 heteroatoms. The van der Waals surface area contributed by atoms with Crippen molar-refractivity contribution in [1.29, 1.82) is 0 Å². The van der Waals surface area contributed by atoms with Crippen LogP contribution in [0.2, 0.25) is 15.1 Å². The molecular weight excluding hydrogens is 479 g/mol. The Kier molecular flexibility index (Phi) is 5.77. The van der Waals surface area contributed by atoms with Crippen LogP contribution >= 0.6 is 34.8 Å². The van der Waals surface area contributed by atoms with E-state index in [0.717, 1.165) is 9.91 Å². The van der Waals surface area contributed by atoms with Crippen molar-refractivity contribution >= 4 is 75.6 Å². The zero-order valence-corrected chi connectivity index (χ0v) is 18.6. The lowest BCUT2D eigenvalue weighted by atomic mass is 9.98. The van der Waals surface area contributed by atoms with Crippen LogP contribution in [0.5, 0.6) is 0 Å². The molecule has 1 saturated heterocycles. The average Bonchev–Trinajstić information content (AvgIpc) is 3.01. The Labute approximate surface area is 197 Å². The molecule has 1 unspecified atom stereocenters. The number of nitrogens with one attached hydrogen (secondary N) is 1. The lowest BCUT2D eigenvalue weighted by Crippen LogP contribution is -2.57. The van der Waals surface area contributed by atoms with Crippen molar-refractivity contribution in [1.82, 2.24) is 5.32 Å². The van der Waals surface area contributed by atoms with E-state index in [-0.39, 0.29) is 27.7 Å². The minimum atomic E-state index is -1.43. The first-order valence-corrected chi connectivity index (χ1v) is 10.3. The van der Waals surface area contributed by atoms with Crippen LogP contribution in [0.4, 0.5) is 16.2 Å². The Morgan fingerprint density at radius 3 is 2.31 bits per heavy atom. The van der Waals surface area contributed by atoms with Crippen molar-refractivity contribution in [2.24, 2.45) is 11.0 Å². The number of halogens is 3. The van der Waals surface area contributed by atoms with Crippen LogP contribution < -0.4 is 15.2 Å². The monoisotopic (exact) mass is 490 g/mol. The Bertz CT molecular complexity index is 1240. The van der Waals surface area contributed by atoms with Gasteiger partial charge in [0.25, 0.3) is 11.8 Å². The summed E-state index contributed by atoms with van der Waals surface area (Å²) in [5, 5.41) is 8.37. The van der Waals surface area contributed by atoms with Crippen LogP contribution in [-0.4, -0.2) is 29.5 Å². The molecule has 0 radical (unpaired) electrons. The van der Waals surface area contributed by atoms with E-state index >= 15 is 0 Å². The second-order valence-corrected chi connectivity index (χ2v) is 8.18. The summed E-state index contributed by atoms with van der Waals surface area (Å²) >= 11 is 18.0. The van der Waals surface area contributed by atoms with Gasteiger partial charge in [-0.15, -0.1) is 0 Å². The van der Waals surface area contributed by atoms with Gasteiger partial charge in [-0.25, -0.2) is 9.69 Å². The summed E-state index contributed by atoms with van der Waals surface area (Å²) in [6.07, 6.45) is 1.19. The van der Waals surface area contributed by atoms with E-state index in [0.29, 0.717) is 10.0 Å². The molecule has 0 spiro atoms. The molecule has 1 fully saturated rings. The molecule has 1 atom stereocenters. The molecule has 8 nitrogen and oxygen atoms in total. The summed E-state index contributed by atoms with van der Waals surface area (Å²) in [6.45, 7) is 1.55. The Morgan fingerprint density at radius 1 is 0.969 bits per heavy atom. The summed E-state index contributed by atoms with van der Waals surface area (Å²) in [5.41, 5.74) is 0.772. The largest absolute Gasteiger partial charge is 0.335 e. The minimum Gasteiger partial charge on any atom is -0.276 e. The SMILES string of the molecule is CC1=NN(c2cc(Cl)ccc2Cl)C(=O)/C1=C\C1C(=O)NC(=O)N(c2ccc(Cl)cc2)C1=O. The van der Waals surface area contributed by atoms with Crippen LogP contribution in [0.25, 0.3) is 0 Å². The molecule has 4 rings (SSSR count). The van der Waals surface area contributed by atoms with E-state index in [9.17, 15) is 19.2 Å². The van der Waals surface area contributed by atoms with Gasteiger partial charge < -0.3 is 0 Å². The fourth-order valence-electron chi connectivity index (χ4n) is 3.26. The highest BCUT2D eigenvalue weighted by molar-refractivity contribution is 6.38. The molecule has 2 aromatic carbocycles. The number of nitrogens with zero attached hydrogens (tertiary/aromatic N) is 3. The van der Waals surface area contributed by atoms with Gasteiger partial charge >= 0.3 is 6.03 Å². The maximum Gasteiger partial charge on any atom is 0.335 e. The van der Waals surface area contributed by atoms with Gasteiger partial charge in [-0.05, 0) is 55.5 Å². The van der Waals surface area contributed by atoms with Gasteiger partial charge in [0, 0.05) is 10.0 Å². The summed E-state index contributed by atoms with van der Waals surface area (Å²) < 4.78 is 0. The predicted octanol–water partition coefficient (Wildman–Crippen LogP) is 4.19. The maximum atomic E-state index is 13.0.